The fourth-order valence-corrected chi connectivity index (χ4v) is 5.88. The van der Waals surface area contributed by atoms with Crippen LogP contribution in [0.3, 0.4) is 0 Å². The monoisotopic (exact) mass is 548 g/mol. The van der Waals surface area contributed by atoms with Gasteiger partial charge in [0, 0.05) is 0 Å². The fourth-order valence-electron chi connectivity index (χ4n) is 5.88. The molecule has 2 aliphatic carbocycles. The number of rotatable bonds is 9. The van der Waals surface area contributed by atoms with Crippen LogP contribution in [0.5, 0.6) is 5.75 Å². The summed E-state index contributed by atoms with van der Waals surface area (Å²) in [5, 5.41) is 9.78. The van der Waals surface area contributed by atoms with Crippen molar-refractivity contribution in [2.75, 3.05) is 6.61 Å². The van der Waals surface area contributed by atoms with E-state index in [2.05, 4.69) is 6.58 Å². The third-order valence-corrected chi connectivity index (χ3v) is 8.27. The van der Waals surface area contributed by atoms with Crippen LogP contribution >= 0.6 is 0 Å². The maximum Gasteiger partial charge on any atom is 0.341 e. The SMILES string of the molecule is C=CCCOc1ccc(C2CCC(OC(=O)c3ccc(C4CCC(C(C)O)CC4)c(F)c3F)CC2)c(F)c1F. The van der Waals surface area contributed by atoms with Crippen LogP contribution in [-0.2, 0) is 4.74 Å². The average molecular weight is 549 g/mol. The van der Waals surface area contributed by atoms with Gasteiger partial charge in [0.2, 0.25) is 5.82 Å². The van der Waals surface area contributed by atoms with Crippen LogP contribution in [0.1, 0.15) is 98.0 Å². The lowest BCUT2D eigenvalue weighted by Gasteiger charge is -2.31. The fraction of sp³-hybridized carbons (Fsp3) is 0.516. The molecule has 0 amide bonds. The average Bonchev–Trinajstić information content (AvgIpc) is 2.93. The summed E-state index contributed by atoms with van der Waals surface area (Å²) in [6.07, 6.45) is 5.65. The van der Waals surface area contributed by atoms with Gasteiger partial charge < -0.3 is 14.6 Å². The Morgan fingerprint density at radius 2 is 1.46 bits per heavy atom. The highest BCUT2D eigenvalue weighted by atomic mass is 19.2. The minimum atomic E-state index is -1.21. The minimum absolute atomic E-state index is 0.145. The second kappa shape index (κ2) is 13.0. The summed E-state index contributed by atoms with van der Waals surface area (Å²) in [5.41, 5.74) is 0.0516. The van der Waals surface area contributed by atoms with Crippen LogP contribution in [0.15, 0.2) is 36.9 Å². The van der Waals surface area contributed by atoms with E-state index in [1.807, 2.05) is 0 Å². The van der Waals surface area contributed by atoms with E-state index < -0.39 is 47.0 Å². The number of benzene rings is 2. The predicted octanol–water partition coefficient (Wildman–Crippen LogP) is 7.74. The lowest BCUT2D eigenvalue weighted by Crippen LogP contribution is -2.25. The summed E-state index contributed by atoms with van der Waals surface area (Å²) in [4.78, 5) is 12.7. The number of hydrogen-bond acceptors (Lipinski definition) is 4. The molecule has 39 heavy (non-hydrogen) atoms. The van der Waals surface area contributed by atoms with Crippen LogP contribution in [0.25, 0.3) is 0 Å². The first kappa shape index (κ1) is 29.1. The van der Waals surface area contributed by atoms with Crippen LogP contribution in [0.2, 0.25) is 0 Å². The zero-order valence-corrected chi connectivity index (χ0v) is 22.2. The van der Waals surface area contributed by atoms with Crippen molar-refractivity contribution < 1.29 is 36.9 Å². The van der Waals surface area contributed by atoms with Crippen molar-refractivity contribution in [1.29, 1.82) is 0 Å². The third-order valence-electron chi connectivity index (χ3n) is 8.27. The van der Waals surface area contributed by atoms with E-state index in [-0.39, 0.29) is 41.2 Å². The highest BCUT2D eigenvalue weighted by Crippen LogP contribution is 2.40. The van der Waals surface area contributed by atoms with Gasteiger partial charge in [-0.25, -0.2) is 18.0 Å². The highest BCUT2D eigenvalue weighted by molar-refractivity contribution is 5.90. The molecule has 0 aliphatic heterocycles. The van der Waals surface area contributed by atoms with Crippen molar-refractivity contribution in [3.63, 3.8) is 0 Å². The molecule has 0 heterocycles. The molecule has 1 N–H and O–H groups in total. The van der Waals surface area contributed by atoms with Gasteiger partial charge in [0.1, 0.15) is 6.10 Å². The van der Waals surface area contributed by atoms with Gasteiger partial charge in [0.05, 0.1) is 18.3 Å². The molecule has 1 atom stereocenters. The van der Waals surface area contributed by atoms with E-state index in [4.69, 9.17) is 9.47 Å². The molecule has 2 saturated carbocycles. The van der Waals surface area contributed by atoms with Crippen molar-refractivity contribution in [2.45, 2.75) is 88.8 Å². The molecule has 0 radical (unpaired) electrons. The van der Waals surface area contributed by atoms with Crippen molar-refractivity contribution in [1.82, 2.24) is 0 Å². The van der Waals surface area contributed by atoms with E-state index in [9.17, 15) is 27.5 Å². The molecule has 4 nitrogen and oxygen atoms in total. The summed E-state index contributed by atoms with van der Waals surface area (Å²) in [6.45, 7) is 5.51. The molecule has 2 aromatic rings. The molecule has 0 saturated heterocycles. The molecule has 1 unspecified atom stereocenters. The lowest BCUT2D eigenvalue weighted by atomic mass is 9.76. The number of aliphatic hydroxyl groups is 1. The van der Waals surface area contributed by atoms with Gasteiger partial charge in [-0.15, -0.1) is 6.58 Å². The number of ether oxygens (including phenoxy) is 2. The molecule has 8 heteroatoms. The van der Waals surface area contributed by atoms with Gasteiger partial charge in [-0.05, 0) is 106 Å². The summed E-state index contributed by atoms with van der Waals surface area (Å²) >= 11 is 0. The Kier molecular flexibility index (Phi) is 9.70. The van der Waals surface area contributed by atoms with Gasteiger partial charge in [0.15, 0.2) is 23.2 Å². The zero-order chi connectivity index (χ0) is 28.1. The summed E-state index contributed by atoms with van der Waals surface area (Å²) in [6, 6.07) is 5.68. The van der Waals surface area contributed by atoms with E-state index in [1.54, 1.807) is 13.0 Å². The quantitative estimate of drug-likeness (QED) is 0.151. The van der Waals surface area contributed by atoms with Gasteiger partial charge in [-0.2, -0.15) is 4.39 Å². The molecule has 2 aromatic carbocycles. The Morgan fingerprint density at radius 3 is 2.05 bits per heavy atom. The Bertz CT molecular complexity index is 1170. The van der Waals surface area contributed by atoms with Gasteiger partial charge in [-0.3, -0.25) is 0 Å². The standard InChI is InChI=1S/C31H36F4O4/c1-3-4-17-38-26-16-15-24(28(33)30(26)35)21-9-11-22(12-10-21)39-31(37)25-14-13-23(27(32)29(25)34)20-7-5-19(6-8-20)18(2)36/h3,13-16,18-22,36H,1,4-12,17H2,2H3. The van der Waals surface area contributed by atoms with Crippen molar-refractivity contribution in [3.8, 4) is 5.75 Å². The molecular weight excluding hydrogens is 512 g/mol. The summed E-state index contributed by atoms with van der Waals surface area (Å²) in [7, 11) is 0. The minimum Gasteiger partial charge on any atom is -0.490 e. The summed E-state index contributed by atoms with van der Waals surface area (Å²) in [5.74, 6) is -5.53. The maximum absolute atomic E-state index is 15.0. The van der Waals surface area contributed by atoms with E-state index in [0.717, 1.165) is 12.8 Å². The second-order valence-corrected chi connectivity index (χ2v) is 10.8. The maximum atomic E-state index is 15.0. The number of carbonyl (C=O) groups is 1. The van der Waals surface area contributed by atoms with Crippen molar-refractivity contribution in [2.24, 2.45) is 5.92 Å². The molecule has 2 fully saturated rings. The van der Waals surface area contributed by atoms with E-state index in [0.29, 0.717) is 44.9 Å². The zero-order valence-electron chi connectivity index (χ0n) is 22.2. The van der Waals surface area contributed by atoms with Crippen LogP contribution < -0.4 is 4.74 Å². The number of halogens is 4. The Labute approximate surface area is 227 Å². The smallest absolute Gasteiger partial charge is 0.341 e. The Morgan fingerprint density at radius 1 is 0.897 bits per heavy atom. The van der Waals surface area contributed by atoms with Crippen molar-refractivity contribution >= 4 is 5.97 Å². The normalized spacial score (nSPS) is 24.2. The molecule has 212 valence electrons. The number of aliphatic hydroxyl groups excluding tert-OH is 1. The summed E-state index contributed by atoms with van der Waals surface area (Å²) < 4.78 is 69.8. The Balaban J connectivity index is 1.34. The molecule has 0 bridgehead atoms. The molecule has 0 aromatic heterocycles. The second-order valence-electron chi connectivity index (χ2n) is 10.8. The molecule has 4 rings (SSSR count). The van der Waals surface area contributed by atoms with E-state index in [1.165, 1.54) is 24.3 Å². The highest BCUT2D eigenvalue weighted by Gasteiger charge is 2.32. The largest absolute Gasteiger partial charge is 0.490 e. The van der Waals surface area contributed by atoms with Crippen LogP contribution in [0.4, 0.5) is 17.6 Å². The molecular formula is C31H36F4O4. The predicted molar refractivity (Wildman–Crippen MR) is 140 cm³/mol. The topological polar surface area (TPSA) is 55.8 Å². The molecule has 2 aliphatic rings. The number of hydrogen-bond donors (Lipinski definition) is 1. The van der Waals surface area contributed by atoms with Gasteiger partial charge >= 0.3 is 5.97 Å². The molecule has 0 spiro atoms. The van der Waals surface area contributed by atoms with Crippen LogP contribution in [-0.4, -0.2) is 29.9 Å². The first-order valence-electron chi connectivity index (χ1n) is 13.8. The third kappa shape index (κ3) is 6.65. The number of carbonyl (C=O) groups excluding carboxylic acids is 1. The first-order valence-corrected chi connectivity index (χ1v) is 13.8. The Hall–Kier alpha value is -2.87. The van der Waals surface area contributed by atoms with Gasteiger partial charge in [-0.1, -0.05) is 18.2 Å². The van der Waals surface area contributed by atoms with Gasteiger partial charge in [0.25, 0.3) is 0 Å². The lowest BCUT2D eigenvalue weighted by molar-refractivity contribution is 0.0188. The first-order chi connectivity index (χ1) is 18.7. The van der Waals surface area contributed by atoms with Crippen LogP contribution in [0, 0.1) is 29.2 Å². The van der Waals surface area contributed by atoms with E-state index >= 15 is 0 Å². The van der Waals surface area contributed by atoms with Crippen molar-refractivity contribution in [3.05, 3.63) is 76.9 Å². The number of esters is 1.